The van der Waals surface area contributed by atoms with E-state index in [2.05, 4.69) is 14.7 Å². The Morgan fingerprint density at radius 3 is 2.42 bits per heavy atom. The summed E-state index contributed by atoms with van der Waals surface area (Å²) in [5.74, 6) is -2.60. The van der Waals surface area contributed by atoms with E-state index in [0.717, 1.165) is 17.4 Å². The van der Waals surface area contributed by atoms with Crippen LogP contribution >= 0.6 is 11.3 Å². The molecule has 0 saturated carbocycles. The SMILES string of the molecule is O=C(OCC(O)Cc1cc(C(F)(F)F)ccc1N(c1nccs1)S(=O)(=O)c1ccc2cnccc2c1)C(F)(F)F. The van der Waals surface area contributed by atoms with E-state index in [0.29, 0.717) is 27.2 Å². The number of halogens is 6. The second-order valence-electron chi connectivity index (χ2n) is 8.26. The Labute approximate surface area is 226 Å². The monoisotopic (exact) mass is 605 g/mol. The molecule has 0 aliphatic heterocycles. The van der Waals surface area contributed by atoms with Gasteiger partial charge < -0.3 is 9.84 Å². The van der Waals surface area contributed by atoms with Gasteiger partial charge in [0.15, 0.2) is 0 Å². The number of aliphatic hydroxyl groups is 1. The van der Waals surface area contributed by atoms with Gasteiger partial charge in [-0.15, -0.1) is 11.3 Å². The van der Waals surface area contributed by atoms with Crippen molar-refractivity contribution in [3.8, 4) is 0 Å². The van der Waals surface area contributed by atoms with Gasteiger partial charge >= 0.3 is 18.3 Å². The first-order valence-corrected chi connectivity index (χ1v) is 13.4. The summed E-state index contributed by atoms with van der Waals surface area (Å²) < 4.78 is 111. The van der Waals surface area contributed by atoms with Crippen molar-refractivity contribution in [1.29, 1.82) is 0 Å². The number of benzene rings is 2. The van der Waals surface area contributed by atoms with Gasteiger partial charge in [0, 0.05) is 35.8 Å². The molecule has 0 aliphatic rings. The third kappa shape index (κ3) is 6.34. The van der Waals surface area contributed by atoms with Gasteiger partial charge in [0.2, 0.25) is 5.13 Å². The number of carbonyl (C=O) groups excluding carboxylic acids is 1. The van der Waals surface area contributed by atoms with Crippen LogP contribution in [0.25, 0.3) is 10.8 Å². The molecule has 2 aromatic heterocycles. The fourth-order valence-electron chi connectivity index (χ4n) is 3.67. The molecule has 0 spiro atoms. The van der Waals surface area contributed by atoms with Gasteiger partial charge in [-0.2, -0.15) is 26.3 Å². The largest absolute Gasteiger partial charge is 0.490 e. The van der Waals surface area contributed by atoms with E-state index in [9.17, 15) is 44.7 Å². The van der Waals surface area contributed by atoms with Crippen LogP contribution in [0.1, 0.15) is 11.1 Å². The molecular weight excluding hydrogens is 588 g/mol. The lowest BCUT2D eigenvalue weighted by Crippen LogP contribution is -2.31. The number of hydrogen-bond donors (Lipinski definition) is 1. The molecule has 0 amide bonds. The Morgan fingerprint density at radius 2 is 1.77 bits per heavy atom. The first-order chi connectivity index (χ1) is 18.7. The van der Waals surface area contributed by atoms with Crippen molar-refractivity contribution in [2.45, 2.75) is 29.8 Å². The van der Waals surface area contributed by atoms with Crippen molar-refractivity contribution in [2.75, 3.05) is 10.9 Å². The highest BCUT2D eigenvalue weighted by atomic mass is 32.2. The molecule has 1 N–H and O–H groups in total. The van der Waals surface area contributed by atoms with E-state index in [1.54, 1.807) is 6.07 Å². The smallest absolute Gasteiger partial charge is 0.456 e. The van der Waals surface area contributed by atoms with Crippen LogP contribution in [-0.4, -0.2) is 48.3 Å². The third-order valence-electron chi connectivity index (χ3n) is 5.46. The summed E-state index contributed by atoms with van der Waals surface area (Å²) >= 11 is 0.852. The van der Waals surface area contributed by atoms with Gasteiger partial charge in [0.1, 0.15) is 6.61 Å². The Balaban J connectivity index is 1.81. The van der Waals surface area contributed by atoms with E-state index in [4.69, 9.17) is 0 Å². The molecule has 212 valence electrons. The average molecular weight is 606 g/mol. The second-order valence-corrected chi connectivity index (χ2v) is 10.9. The number of fused-ring (bicyclic) bond motifs is 1. The first kappa shape index (κ1) is 29.2. The maximum atomic E-state index is 13.9. The van der Waals surface area contributed by atoms with Crippen LogP contribution in [0.5, 0.6) is 0 Å². The molecule has 4 rings (SSSR count). The van der Waals surface area contributed by atoms with Crippen LogP contribution in [-0.2, 0) is 32.2 Å². The minimum Gasteiger partial charge on any atom is -0.456 e. The molecule has 16 heteroatoms. The number of anilines is 2. The number of thiazole rings is 1. The highest BCUT2D eigenvalue weighted by Crippen LogP contribution is 2.40. The van der Waals surface area contributed by atoms with Crippen LogP contribution in [0.2, 0.25) is 0 Å². The van der Waals surface area contributed by atoms with Crippen LogP contribution in [0, 0.1) is 0 Å². The standard InChI is InChI=1S/C24H17F6N3O5S2/c25-23(26,27)17-2-4-20(16(9-17)10-18(34)13-38-21(35)24(28,29)30)33(22-32-7-8-39-22)40(36,37)19-3-1-15-12-31-6-5-14(15)11-19/h1-9,11-12,18,34H,10,13H2. The zero-order chi connectivity index (χ0) is 29.3. The van der Waals surface area contributed by atoms with Crippen molar-refractivity contribution < 1.29 is 49.4 Å². The molecule has 8 nitrogen and oxygen atoms in total. The van der Waals surface area contributed by atoms with Crippen LogP contribution in [0.4, 0.5) is 37.2 Å². The van der Waals surface area contributed by atoms with Gasteiger partial charge in [0.25, 0.3) is 10.0 Å². The molecule has 1 unspecified atom stereocenters. The topological polar surface area (TPSA) is 110 Å². The summed E-state index contributed by atoms with van der Waals surface area (Å²) in [5, 5.41) is 12.7. The number of rotatable bonds is 8. The highest BCUT2D eigenvalue weighted by Gasteiger charge is 2.41. The Kier molecular flexibility index (Phi) is 8.05. The van der Waals surface area contributed by atoms with E-state index >= 15 is 0 Å². The molecule has 0 radical (unpaired) electrons. The number of ether oxygens (including phenoxy) is 1. The van der Waals surface area contributed by atoms with E-state index in [1.165, 1.54) is 42.2 Å². The summed E-state index contributed by atoms with van der Waals surface area (Å²) in [6.45, 7) is -1.21. The zero-order valence-electron chi connectivity index (χ0n) is 19.8. The highest BCUT2D eigenvalue weighted by molar-refractivity contribution is 7.93. The third-order valence-corrected chi connectivity index (χ3v) is 8.03. The molecule has 0 fully saturated rings. The van der Waals surface area contributed by atoms with Gasteiger partial charge in [0.05, 0.1) is 22.3 Å². The predicted molar refractivity (Wildman–Crippen MR) is 131 cm³/mol. The lowest BCUT2D eigenvalue weighted by molar-refractivity contribution is -0.201. The molecule has 2 heterocycles. The van der Waals surface area contributed by atoms with Crippen molar-refractivity contribution in [3.05, 3.63) is 77.6 Å². The van der Waals surface area contributed by atoms with Crippen LogP contribution < -0.4 is 4.31 Å². The van der Waals surface area contributed by atoms with Crippen molar-refractivity contribution in [2.24, 2.45) is 0 Å². The molecule has 2 aromatic carbocycles. The maximum absolute atomic E-state index is 13.9. The Hall–Kier alpha value is -3.76. The number of carbonyl (C=O) groups is 1. The van der Waals surface area contributed by atoms with E-state index in [-0.39, 0.29) is 15.7 Å². The normalized spacial score (nSPS) is 13.3. The lowest BCUT2D eigenvalue weighted by atomic mass is 10.0. The number of alkyl halides is 6. The van der Waals surface area contributed by atoms with Crippen molar-refractivity contribution >= 4 is 48.9 Å². The fraction of sp³-hybridized carbons (Fsp3) is 0.208. The van der Waals surface area contributed by atoms with Crippen molar-refractivity contribution in [1.82, 2.24) is 9.97 Å². The number of sulfonamides is 1. The first-order valence-electron chi connectivity index (χ1n) is 11.1. The lowest BCUT2D eigenvalue weighted by Gasteiger charge is -2.26. The minimum absolute atomic E-state index is 0.158. The van der Waals surface area contributed by atoms with E-state index < -0.39 is 58.6 Å². The fourth-order valence-corrected chi connectivity index (χ4v) is 6.07. The van der Waals surface area contributed by atoms with Gasteiger partial charge in [-0.3, -0.25) is 4.98 Å². The minimum atomic E-state index is -5.35. The molecule has 0 saturated heterocycles. The van der Waals surface area contributed by atoms with Gasteiger partial charge in [-0.1, -0.05) is 6.07 Å². The number of pyridine rings is 1. The average Bonchev–Trinajstić information content (AvgIpc) is 3.40. The summed E-state index contributed by atoms with van der Waals surface area (Å²) in [5.41, 5.74) is -1.96. The molecular formula is C24H17F6N3O5S2. The molecule has 40 heavy (non-hydrogen) atoms. The summed E-state index contributed by atoms with van der Waals surface area (Å²) in [6.07, 6.45) is -8.73. The molecule has 4 aromatic rings. The summed E-state index contributed by atoms with van der Waals surface area (Å²) in [7, 11) is -4.56. The number of nitrogens with zero attached hydrogens (tertiary/aromatic N) is 3. The Bertz CT molecular complexity index is 1630. The second kappa shape index (κ2) is 11.0. The van der Waals surface area contributed by atoms with Gasteiger partial charge in [-0.25, -0.2) is 22.5 Å². The summed E-state index contributed by atoms with van der Waals surface area (Å²) in [6, 6.07) is 7.70. The summed E-state index contributed by atoms with van der Waals surface area (Å²) in [4.78, 5) is 18.7. The molecule has 1 atom stereocenters. The van der Waals surface area contributed by atoms with E-state index in [1.807, 2.05) is 0 Å². The molecule has 0 bridgehead atoms. The maximum Gasteiger partial charge on any atom is 0.490 e. The number of aliphatic hydroxyl groups excluding tert-OH is 1. The number of esters is 1. The molecule has 0 aliphatic carbocycles. The van der Waals surface area contributed by atoms with Crippen molar-refractivity contribution in [3.63, 3.8) is 0 Å². The number of hydrogen-bond acceptors (Lipinski definition) is 8. The van der Waals surface area contributed by atoms with Crippen LogP contribution in [0.3, 0.4) is 0 Å². The zero-order valence-corrected chi connectivity index (χ0v) is 21.5. The van der Waals surface area contributed by atoms with Gasteiger partial charge in [-0.05, 0) is 47.3 Å². The van der Waals surface area contributed by atoms with Crippen LogP contribution in [0.15, 0.2) is 71.3 Å². The Morgan fingerprint density at radius 1 is 1.02 bits per heavy atom. The quantitative estimate of drug-likeness (QED) is 0.216. The predicted octanol–water partition coefficient (Wildman–Crippen LogP) is 5.25. The number of aromatic nitrogens is 2.